The molecule has 0 spiro atoms. The van der Waals surface area contributed by atoms with Crippen molar-refractivity contribution in [3.05, 3.63) is 34.2 Å². The monoisotopic (exact) mass is 268 g/mol. The van der Waals surface area contributed by atoms with E-state index < -0.39 is 0 Å². The number of hydrogen-bond donors (Lipinski definition) is 2. The van der Waals surface area contributed by atoms with Crippen LogP contribution in [0.25, 0.3) is 0 Å². The van der Waals surface area contributed by atoms with Gasteiger partial charge in [0.25, 0.3) is 5.91 Å². The fourth-order valence-corrected chi connectivity index (χ4v) is 2.75. The number of alkyl halides is 1. The molecule has 2 N–H and O–H groups in total. The molecule has 0 aromatic carbocycles. The number of aromatic nitrogens is 1. The van der Waals surface area contributed by atoms with E-state index in [9.17, 15) is 9.59 Å². The van der Waals surface area contributed by atoms with E-state index >= 15 is 0 Å². The number of pyridine rings is 1. The lowest BCUT2D eigenvalue weighted by Crippen LogP contribution is -2.51. The summed E-state index contributed by atoms with van der Waals surface area (Å²) >= 11 is 6.02. The van der Waals surface area contributed by atoms with E-state index in [-0.39, 0.29) is 17.0 Å². The third-order valence-electron chi connectivity index (χ3n) is 3.48. The van der Waals surface area contributed by atoms with Crippen molar-refractivity contribution in [2.75, 3.05) is 5.88 Å². The molecule has 0 saturated heterocycles. The van der Waals surface area contributed by atoms with Crippen LogP contribution < -0.4 is 10.9 Å². The molecule has 1 aliphatic carbocycles. The number of carbonyl (C=O) groups is 1. The molecule has 4 nitrogen and oxygen atoms in total. The molecule has 1 aromatic heterocycles. The number of nitrogens with one attached hydrogen (secondary N) is 2. The second-order valence-corrected chi connectivity index (χ2v) is 5.14. The molecule has 98 valence electrons. The predicted octanol–water partition coefficient (Wildman–Crippen LogP) is 2.05. The summed E-state index contributed by atoms with van der Waals surface area (Å²) < 4.78 is 0. The van der Waals surface area contributed by atoms with Gasteiger partial charge in [0.1, 0.15) is 0 Å². The zero-order valence-corrected chi connectivity index (χ0v) is 10.9. The molecule has 1 saturated carbocycles. The lowest BCUT2D eigenvalue weighted by atomic mass is 9.83. The van der Waals surface area contributed by atoms with E-state index in [1.165, 1.54) is 18.7 Å². The number of aromatic amines is 1. The molecule has 1 fully saturated rings. The highest BCUT2D eigenvalue weighted by Crippen LogP contribution is 2.29. The van der Waals surface area contributed by atoms with Crippen LogP contribution in [0.2, 0.25) is 0 Å². The molecule has 0 radical (unpaired) electrons. The number of rotatable bonds is 3. The number of carbonyl (C=O) groups excluding carboxylic acids is 1. The van der Waals surface area contributed by atoms with Crippen molar-refractivity contribution >= 4 is 17.5 Å². The molecule has 0 bridgehead atoms. The average Bonchev–Trinajstić information content (AvgIpc) is 2.40. The van der Waals surface area contributed by atoms with Gasteiger partial charge in [0.15, 0.2) is 0 Å². The van der Waals surface area contributed by atoms with Gasteiger partial charge >= 0.3 is 0 Å². The summed E-state index contributed by atoms with van der Waals surface area (Å²) in [5.74, 6) is 0.200. The van der Waals surface area contributed by atoms with Gasteiger partial charge in [-0.3, -0.25) is 9.59 Å². The Bertz CT molecular complexity index is 478. The van der Waals surface area contributed by atoms with Gasteiger partial charge in [-0.1, -0.05) is 19.3 Å². The first kappa shape index (κ1) is 13.1. The van der Waals surface area contributed by atoms with E-state index in [0.29, 0.717) is 11.4 Å². The Balaban J connectivity index is 2.12. The van der Waals surface area contributed by atoms with Gasteiger partial charge in [-0.25, -0.2) is 0 Å². The summed E-state index contributed by atoms with van der Waals surface area (Å²) in [6, 6.07) is 2.90. The molecule has 5 heteroatoms. The zero-order chi connectivity index (χ0) is 13.0. The highest BCUT2D eigenvalue weighted by Gasteiger charge is 2.32. The third kappa shape index (κ3) is 2.93. The predicted molar refractivity (Wildman–Crippen MR) is 71.1 cm³/mol. The largest absolute Gasteiger partial charge is 0.345 e. The maximum atomic E-state index is 12.1. The highest BCUT2D eigenvalue weighted by atomic mass is 35.5. The molecular weight excluding hydrogens is 252 g/mol. The van der Waals surface area contributed by atoms with Gasteiger partial charge < -0.3 is 10.3 Å². The molecule has 1 aliphatic rings. The van der Waals surface area contributed by atoms with E-state index in [0.717, 1.165) is 25.7 Å². The number of amides is 1. The van der Waals surface area contributed by atoms with Crippen molar-refractivity contribution < 1.29 is 4.79 Å². The minimum Gasteiger partial charge on any atom is -0.345 e. The fourth-order valence-electron chi connectivity index (χ4n) is 2.42. The lowest BCUT2D eigenvalue weighted by Gasteiger charge is -2.36. The van der Waals surface area contributed by atoms with Crippen molar-refractivity contribution in [3.63, 3.8) is 0 Å². The van der Waals surface area contributed by atoms with Crippen LogP contribution in [-0.2, 0) is 0 Å². The maximum absolute atomic E-state index is 12.1. The lowest BCUT2D eigenvalue weighted by molar-refractivity contribution is 0.0884. The summed E-state index contributed by atoms with van der Waals surface area (Å²) in [7, 11) is 0. The first-order chi connectivity index (χ1) is 8.65. The normalized spacial score (nSPS) is 18.3. The fraction of sp³-hybridized carbons (Fsp3) is 0.538. The molecule has 0 atom stereocenters. The third-order valence-corrected chi connectivity index (χ3v) is 3.99. The molecule has 1 amide bonds. The Morgan fingerprint density at radius 1 is 1.39 bits per heavy atom. The second kappa shape index (κ2) is 5.57. The minimum atomic E-state index is -0.306. The molecule has 1 aromatic rings. The van der Waals surface area contributed by atoms with Crippen LogP contribution in [0.3, 0.4) is 0 Å². The van der Waals surface area contributed by atoms with Crippen molar-refractivity contribution in [1.29, 1.82) is 0 Å². The van der Waals surface area contributed by atoms with Crippen LogP contribution in [0.15, 0.2) is 23.1 Å². The van der Waals surface area contributed by atoms with Crippen LogP contribution in [0.4, 0.5) is 0 Å². The van der Waals surface area contributed by atoms with Crippen molar-refractivity contribution in [2.45, 2.75) is 37.6 Å². The van der Waals surface area contributed by atoms with Crippen LogP contribution in [0.5, 0.6) is 0 Å². The Morgan fingerprint density at radius 2 is 2.11 bits per heavy atom. The maximum Gasteiger partial charge on any atom is 0.252 e. The summed E-state index contributed by atoms with van der Waals surface area (Å²) in [5, 5.41) is 3.00. The SMILES string of the molecule is O=C(NC1(CCl)CCCCC1)c1cc[nH]c(=O)c1. The van der Waals surface area contributed by atoms with Gasteiger partial charge in [-0.2, -0.15) is 0 Å². The molecule has 2 rings (SSSR count). The Labute approximate surface area is 111 Å². The Hall–Kier alpha value is -1.29. The first-order valence-corrected chi connectivity index (χ1v) is 6.76. The molecule has 0 aliphatic heterocycles. The van der Waals surface area contributed by atoms with Crippen LogP contribution in [0, 0.1) is 0 Å². The molecule has 18 heavy (non-hydrogen) atoms. The van der Waals surface area contributed by atoms with E-state index in [1.54, 1.807) is 6.07 Å². The van der Waals surface area contributed by atoms with Crippen LogP contribution in [-0.4, -0.2) is 22.3 Å². The Kier molecular flexibility index (Phi) is 4.07. The smallest absolute Gasteiger partial charge is 0.252 e. The number of halogens is 1. The van der Waals surface area contributed by atoms with Gasteiger partial charge in [-0.15, -0.1) is 11.6 Å². The van der Waals surface area contributed by atoms with Gasteiger partial charge in [0.05, 0.1) is 5.54 Å². The van der Waals surface area contributed by atoms with E-state index in [2.05, 4.69) is 10.3 Å². The molecular formula is C13H17ClN2O2. The number of hydrogen-bond acceptors (Lipinski definition) is 2. The highest BCUT2D eigenvalue weighted by molar-refractivity contribution is 6.19. The van der Waals surface area contributed by atoms with Crippen molar-refractivity contribution in [3.8, 4) is 0 Å². The summed E-state index contributed by atoms with van der Waals surface area (Å²) in [6.07, 6.45) is 6.66. The van der Waals surface area contributed by atoms with E-state index in [1.807, 2.05) is 0 Å². The average molecular weight is 269 g/mol. The summed E-state index contributed by atoms with van der Waals surface area (Å²) in [4.78, 5) is 25.8. The standard InChI is InChI=1S/C13H17ClN2O2/c14-9-13(5-2-1-3-6-13)16-12(18)10-4-7-15-11(17)8-10/h4,7-8H,1-3,5-6,9H2,(H,15,17)(H,16,18). The van der Waals surface area contributed by atoms with E-state index in [4.69, 9.17) is 11.6 Å². The second-order valence-electron chi connectivity index (χ2n) is 4.87. The van der Waals surface area contributed by atoms with Crippen molar-refractivity contribution in [1.82, 2.24) is 10.3 Å². The van der Waals surface area contributed by atoms with Crippen LogP contribution >= 0.6 is 11.6 Å². The van der Waals surface area contributed by atoms with Gasteiger partial charge in [0, 0.05) is 23.7 Å². The summed E-state index contributed by atoms with van der Waals surface area (Å²) in [5.41, 5.74) is -0.195. The summed E-state index contributed by atoms with van der Waals surface area (Å²) in [6.45, 7) is 0. The van der Waals surface area contributed by atoms with Crippen LogP contribution in [0.1, 0.15) is 42.5 Å². The Morgan fingerprint density at radius 3 is 2.72 bits per heavy atom. The first-order valence-electron chi connectivity index (χ1n) is 6.22. The quantitative estimate of drug-likeness (QED) is 0.824. The van der Waals surface area contributed by atoms with Gasteiger partial charge in [0.2, 0.25) is 5.56 Å². The topological polar surface area (TPSA) is 62.0 Å². The number of H-pyrrole nitrogens is 1. The van der Waals surface area contributed by atoms with Gasteiger partial charge in [-0.05, 0) is 18.9 Å². The zero-order valence-electron chi connectivity index (χ0n) is 10.2. The van der Waals surface area contributed by atoms with Crippen molar-refractivity contribution in [2.24, 2.45) is 0 Å². The molecule has 1 heterocycles. The minimum absolute atomic E-state index is 0.219. The molecule has 0 unspecified atom stereocenters.